The first-order chi connectivity index (χ1) is 16.4. The van der Waals surface area contributed by atoms with E-state index >= 15 is 0 Å². The third-order valence-electron chi connectivity index (χ3n) is 5.85. The van der Waals surface area contributed by atoms with Gasteiger partial charge in [-0.1, -0.05) is 29.3 Å². The molecule has 0 aliphatic carbocycles. The molecular formula is C23H22Cl2N8O. The van der Waals surface area contributed by atoms with Crippen LogP contribution in [0.2, 0.25) is 10.0 Å². The smallest absolute Gasteiger partial charge is 0.333 e. The first-order valence-electron chi connectivity index (χ1n) is 10.7. The fourth-order valence-electron chi connectivity index (χ4n) is 3.96. The van der Waals surface area contributed by atoms with Gasteiger partial charge in [-0.3, -0.25) is 10.4 Å². The van der Waals surface area contributed by atoms with Gasteiger partial charge in [0.1, 0.15) is 5.49 Å². The average Bonchev–Trinajstić information content (AvgIpc) is 2.82. The SMILES string of the molecule is CN1CCN(c2ccc(Nc3ncc4c(=N)n(-c5c(Cl)cccc5Cl)c(=O)[nH]c4n3)cc2)CC1. The normalized spacial score (nSPS) is 14.5. The lowest BCUT2D eigenvalue weighted by atomic mass is 10.2. The molecule has 0 saturated carbocycles. The summed E-state index contributed by atoms with van der Waals surface area (Å²) in [5.74, 6) is 0.309. The molecule has 2 aromatic heterocycles. The molecule has 3 N–H and O–H groups in total. The lowest BCUT2D eigenvalue weighted by Gasteiger charge is -2.34. The van der Waals surface area contributed by atoms with E-state index in [-0.39, 0.29) is 26.9 Å². The molecule has 4 aromatic rings. The lowest BCUT2D eigenvalue weighted by molar-refractivity contribution is 0.313. The summed E-state index contributed by atoms with van der Waals surface area (Å²) in [6, 6.07) is 13.0. The summed E-state index contributed by atoms with van der Waals surface area (Å²) in [5, 5.41) is 12.6. The second-order valence-electron chi connectivity index (χ2n) is 8.10. The van der Waals surface area contributed by atoms with E-state index in [0.29, 0.717) is 11.3 Å². The third-order valence-corrected chi connectivity index (χ3v) is 6.46. The van der Waals surface area contributed by atoms with E-state index in [1.54, 1.807) is 18.2 Å². The van der Waals surface area contributed by atoms with Crippen LogP contribution < -0.4 is 21.4 Å². The van der Waals surface area contributed by atoms with Crippen molar-refractivity contribution in [3.63, 3.8) is 0 Å². The summed E-state index contributed by atoms with van der Waals surface area (Å²) in [6.07, 6.45) is 1.49. The van der Waals surface area contributed by atoms with E-state index in [0.717, 1.165) is 36.4 Å². The van der Waals surface area contributed by atoms with Crippen LogP contribution in [0.1, 0.15) is 0 Å². The van der Waals surface area contributed by atoms with Crippen molar-refractivity contribution < 1.29 is 0 Å². The van der Waals surface area contributed by atoms with Gasteiger partial charge in [-0.15, -0.1) is 0 Å². The molecule has 2 aromatic carbocycles. The van der Waals surface area contributed by atoms with Gasteiger partial charge in [0.25, 0.3) is 0 Å². The minimum Gasteiger partial charge on any atom is -0.369 e. The minimum absolute atomic E-state index is 0.114. The zero-order valence-corrected chi connectivity index (χ0v) is 19.9. The molecular weight excluding hydrogens is 475 g/mol. The van der Waals surface area contributed by atoms with Gasteiger partial charge in [-0.05, 0) is 43.4 Å². The number of likely N-dealkylation sites (N-methyl/N-ethyl adjacent to an activating group) is 1. The highest BCUT2D eigenvalue weighted by atomic mass is 35.5. The molecule has 0 unspecified atom stereocenters. The zero-order valence-electron chi connectivity index (χ0n) is 18.3. The molecule has 1 aliphatic heterocycles. The van der Waals surface area contributed by atoms with Crippen molar-refractivity contribution in [1.82, 2.24) is 24.4 Å². The molecule has 9 nitrogen and oxygen atoms in total. The van der Waals surface area contributed by atoms with Crippen LogP contribution in [0.3, 0.4) is 0 Å². The maximum Gasteiger partial charge on any atom is 0.333 e. The number of halogens is 2. The summed E-state index contributed by atoms with van der Waals surface area (Å²) in [6.45, 7) is 4.09. The number of anilines is 3. The zero-order chi connectivity index (χ0) is 23.8. The second kappa shape index (κ2) is 9.09. The number of benzene rings is 2. The van der Waals surface area contributed by atoms with E-state index in [2.05, 4.69) is 49.2 Å². The Morgan fingerprint density at radius 2 is 1.71 bits per heavy atom. The number of piperazine rings is 1. The highest BCUT2D eigenvalue weighted by molar-refractivity contribution is 6.37. The Kier molecular flexibility index (Phi) is 5.99. The molecule has 0 spiro atoms. The van der Waals surface area contributed by atoms with Crippen molar-refractivity contribution in [2.24, 2.45) is 0 Å². The maximum absolute atomic E-state index is 12.8. The monoisotopic (exact) mass is 496 g/mol. The summed E-state index contributed by atoms with van der Waals surface area (Å²) >= 11 is 12.5. The third kappa shape index (κ3) is 4.25. The highest BCUT2D eigenvalue weighted by Crippen LogP contribution is 2.26. The molecule has 1 saturated heterocycles. The molecule has 1 fully saturated rings. The highest BCUT2D eigenvalue weighted by Gasteiger charge is 2.16. The largest absolute Gasteiger partial charge is 0.369 e. The van der Waals surface area contributed by atoms with E-state index in [1.807, 2.05) is 12.1 Å². The van der Waals surface area contributed by atoms with Gasteiger partial charge in [0.05, 0.1) is 21.1 Å². The van der Waals surface area contributed by atoms with E-state index in [1.165, 1.54) is 11.9 Å². The van der Waals surface area contributed by atoms with Crippen LogP contribution in [0.15, 0.2) is 53.5 Å². The summed E-state index contributed by atoms with van der Waals surface area (Å²) < 4.78 is 1.11. The predicted octanol–water partition coefficient (Wildman–Crippen LogP) is 3.39. The number of nitrogens with one attached hydrogen (secondary N) is 3. The number of para-hydroxylation sites is 1. The first-order valence-corrected chi connectivity index (χ1v) is 11.5. The van der Waals surface area contributed by atoms with E-state index in [4.69, 9.17) is 28.6 Å². The molecule has 3 heterocycles. The van der Waals surface area contributed by atoms with E-state index in [9.17, 15) is 4.79 Å². The topological polar surface area (TPSA) is 106 Å². The van der Waals surface area contributed by atoms with Crippen molar-refractivity contribution in [2.75, 3.05) is 43.4 Å². The maximum atomic E-state index is 12.8. The van der Waals surface area contributed by atoms with Gasteiger partial charge < -0.3 is 15.1 Å². The van der Waals surface area contributed by atoms with Gasteiger partial charge in [0.15, 0.2) is 5.65 Å². The lowest BCUT2D eigenvalue weighted by Crippen LogP contribution is -2.44. The van der Waals surface area contributed by atoms with Crippen LogP contribution in [-0.2, 0) is 0 Å². The molecule has 5 rings (SSSR count). The second-order valence-corrected chi connectivity index (χ2v) is 8.92. The number of nitrogens with zero attached hydrogens (tertiary/aromatic N) is 5. The van der Waals surface area contributed by atoms with Gasteiger partial charge >= 0.3 is 5.69 Å². The number of rotatable bonds is 4. The van der Waals surface area contributed by atoms with Crippen molar-refractivity contribution in [1.29, 1.82) is 5.41 Å². The van der Waals surface area contributed by atoms with Crippen LogP contribution in [0.5, 0.6) is 0 Å². The van der Waals surface area contributed by atoms with Crippen LogP contribution in [0.4, 0.5) is 17.3 Å². The Balaban J connectivity index is 1.43. The number of hydrogen-bond donors (Lipinski definition) is 3. The van der Waals surface area contributed by atoms with Crippen molar-refractivity contribution in [3.05, 3.63) is 74.7 Å². The predicted molar refractivity (Wildman–Crippen MR) is 135 cm³/mol. The standard InChI is InChI=1S/C23H22Cl2N8O/c1-31-9-11-32(12-10-31)15-7-5-14(6-8-15)28-22-27-13-16-20(26)33(23(34)30-21(16)29-22)19-17(24)3-2-4-18(19)25/h2-8,13,26H,9-12H2,1H3,(H2,27,28,29,30,34). The quantitative estimate of drug-likeness (QED) is 0.399. The van der Waals surface area contributed by atoms with Gasteiger partial charge in [-0.25, -0.2) is 14.3 Å². The molecule has 174 valence electrons. The number of fused-ring (bicyclic) bond motifs is 1. The van der Waals surface area contributed by atoms with Crippen molar-refractivity contribution >= 4 is 51.6 Å². The van der Waals surface area contributed by atoms with Crippen LogP contribution in [0, 0.1) is 5.41 Å². The Morgan fingerprint density at radius 3 is 2.38 bits per heavy atom. The summed E-state index contributed by atoms with van der Waals surface area (Å²) in [5.41, 5.74) is 1.77. The van der Waals surface area contributed by atoms with Crippen molar-refractivity contribution in [3.8, 4) is 5.69 Å². The first kappa shape index (κ1) is 22.4. The van der Waals surface area contributed by atoms with Gasteiger partial charge in [0, 0.05) is 43.8 Å². The molecule has 1 aliphatic rings. The van der Waals surface area contributed by atoms with Crippen LogP contribution >= 0.6 is 23.2 Å². The molecule has 0 radical (unpaired) electrons. The Morgan fingerprint density at radius 1 is 1.03 bits per heavy atom. The van der Waals surface area contributed by atoms with Gasteiger partial charge in [0.2, 0.25) is 5.95 Å². The van der Waals surface area contributed by atoms with Gasteiger partial charge in [-0.2, -0.15) is 4.98 Å². The number of aromatic amines is 1. The van der Waals surface area contributed by atoms with Crippen molar-refractivity contribution in [2.45, 2.75) is 0 Å². The minimum atomic E-state index is -0.575. The number of H-pyrrole nitrogens is 1. The van der Waals surface area contributed by atoms with Crippen LogP contribution in [-0.4, -0.2) is 57.6 Å². The molecule has 34 heavy (non-hydrogen) atoms. The summed E-state index contributed by atoms with van der Waals surface area (Å²) in [4.78, 5) is 28.9. The molecule has 0 bridgehead atoms. The summed E-state index contributed by atoms with van der Waals surface area (Å²) in [7, 11) is 2.14. The van der Waals surface area contributed by atoms with E-state index < -0.39 is 5.69 Å². The molecule has 0 amide bonds. The molecule has 11 heteroatoms. The fourth-order valence-corrected chi connectivity index (χ4v) is 4.52. The fraction of sp³-hybridized carbons (Fsp3) is 0.217. The van der Waals surface area contributed by atoms with Crippen LogP contribution in [0.25, 0.3) is 16.7 Å². The average molecular weight is 497 g/mol. The Bertz CT molecular complexity index is 1450. The number of aromatic nitrogens is 4. The Labute approximate surface area is 205 Å². The molecule has 0 atom stereocenters. The Hall–Kier alpha value is -3.40. The number of hydrogen-bond acceptors (Lipinski definition) is 7.